The van der Waals surface area contributed by atoms with Gasteiger partial charge in [0.1, 0.15) is 68.2 Å². The maximum atomic E-state index is 15.3. The number of amides is 3. The average Bonchev–Trinajstić information content (AvgIpc) is 1.55. The van der Waals surface area contributed by atoms with Gasteiger partial charge in [-0.2, -0.15) is 15.0 Å². The van der Waals surface area contributed by atoms with Crippen LogP contribution in [0, 0.1) is 34.9 Å². The SMILES string of the molecule is C.C.C.CC(C)(C)OC(=O)N1CCNC2(CC2)C1.CCN[C@H](CC(=O)N1CCN(c2nc(N)c3cc(OC)c(OC)c(F)c3n2)C2(CC2)C1)c1ccc(F)cc1.CCN[C@H](CC(=O)O)c1ccc(F)cc1.COc1cc2c(N)nc(Cl)nc2c(F)c1OC.COc1cc2c(N)nc(N3CCN(C(=O)OC(C)(C)C)CC34CC4)nc2c(F)c1OC.COc1cc2c(N)nc(N3CCNCC34CC4)nc2c(F)c1OC. The molecule has 0 radical (unpaired) electrons. The fourth-order valence-corrected chi connectivity index (χ4v) is 17.7. The molecule has 2 atom stereocenters. The van der Waals surface area contributed by atoms with Crippen molar-refractivity contribution in [2.75, 3.05) is 186 Å². The highest BCUT2D eigenvalue weighted by Crippen LogP contribution is 2.51. The number of aliphatic carboxylic acids is 1. The Morgan fingerprint density at radius 3 is 1.10 bits per heavy atom. The number of nitrogen functional groups attached to an aromatic ring is 4. The lowest BCUT2D eigenvalue weighted by Crippen LogP contribution is -2.57. The first-order chi connectivity index (χ1) is 66.6. The number of methoxy groups -OCH3 is 8. The first kappa shape index (κ1) is 112. The standard InChI is InChI=1S/C27H32F2N6O3.C21H28FN5O4.C16H20FN5O2.C11H14FNO2.C11H20N2O2.C10H9ClFN3O2.3CH4/c1-4-31-19(16-5-7-17(28)8-6-16)14-21(36)34-11-12-35(27(15-34)9-10-27)26-32-23-18(25(30)33-26)13-20(37-2)24(38-3)22(23)29;1-20(2,3)31-19(28)26-8-9-27(21(11-26)6-7-21)18-24-15-12(17(23)25-18)10-13(29-4)16(30-5)14(15)22;1-23-10-7-9-12(11(17)13(10)24-2)20-15(21-14(9)18)22-6-5-19-8-16(22)3-4-16;1-2-13-10(7-11(14)15)8-3-5-9(12)6-4-8;1-10(2,3)15-9(14)13-7-6-12-11(8-13)4-5-11;1-16-5-3-4-7(6(12)8(5)17-2)14-10(11)15-9(4)13;;;/h5-8,13,19,31H,4,9-12,14-15H2,1-3H3,(H2,30,32,33);10H,6-9,11H2,1-5H3,(H2,23,24,25);7,19H,3-6,8H2,1-2H3,(H2,18,20,21);3-6,10,13H,2,7H2,1H3,(H,14,15);12H,4-8H2,1-3H3;3H,1-2H3,(H2,13,14,15);3*1H4/t19-;;;10-;;;;;/m1..1...../s1. The normalized spacial score (nSPS) is 16.6. The number of nitrogens with one attached hydrogen (secondary N) is 4. The van der Waals surface area contributed by atoms with Crippen LogP contribution >= 0.6 is 11.6 Å². The highest BCUT2D eigenvalue weighted by atomic mass is 35.5. The predicted molar refractivity (Wildman–Crippen MR) is 539 cm³/mol. The minimum absolute atomic E-state index is 0. The number of carbonyl (C=O) groups is 4. The first-order valence-electron chi connectivity index (χ1n) is 46.0. The molecule has 44 heteroatoms. The van der Waals surface area contributed by atoms with Crippen LogP contribution in [0.1, 0.15) is 165 Å². The predicted octanol–water partition coefficient (Wildman–Crippen LogP) is 14.9. The summed E-state index contributed by atoms with van der Waals surface area (Å²) in [6.07, 6.45) is 7.77. The molecule has 18 rings (SSSR count). The Kier molecular flexibility index (Phi) is 36.4. The van der Waals surface area contributed by atoms with Crippen LogP contribution in [0.3, 0.4) is 0 Å². The first-order valence-corrected chi connectivity index (χ1v) is 46.4. The summed E-state index contributed by atoms with van der Waals surface area (Å²) in [7, 11) is 11.2. The van der Waals surface area contributed by atoms with Gasteiger partial charge in [-0.1, -0.05) is 60.4 Å². The summed E-state index contributed by atoms with van der Waals surface area (Å²) in [5.41, 5.74) is 24.8. The number of benzene rings is 6. The molecule has 4 aliphatic heterocycles. The Morgan fingerprint density at radius 2 is 0.769 bits per heavy atom. The molecule has 3 amide bonds. The van der Waals surface area contributed by atoms with Gasteiger partial charge in [-0.25, -0.2) is 60.9 Å². The van der Waals surface area contributed by atoms with E-state index in [1.54, 1.807) is 47.4 Å². The Labute approximate surface area is 833 Å². The molecule has 8 fully saturated rings. The molecule has 13 N–H and O–H groups in total. The van der Waals surface area contributed by atoms with E-state index in [0.29, 0.717) is 91.7 Å². The molecule has 37 nitrogen and oxygen atoms in total. The number of nitrogens with two attached hydrogens (primary N) is 4. The van der Waals surface area contributed by atoms with Crippen LogP contribution in [0.2, 0.25) is 5.28 Å². The lowest BCUT2D eigenvalue weighted by molar-refractivity contribution is -0.137. The van der Waals surface area contributed by atoms with Gasteiger partial charge < -0.3 is 126 Å². The second-order valence-electron chi connectivity index (χ2n) is 37.1. The fourth-order valence-electron chi connectivity index (χ4n) is 17.6. The number of nitrogens with zero attached hydrogens (tertiary/aromatic N) is 14. The van der Waals surface area contributed by atoms with Gasteiger partial charge in [0.15, 0.2) is 69.3 Å². The lowest BCUT2D eigenvalue weighted by atomic mass is 10.0. The molecule has 4 aromatic heterocycles. The van der Waals surface area contributed by atoms with Crippen LogP contribution in [0.15, 0.2) is 72.8 Å². The number of fused-ring (bicyclic) bond motifs is 4. The van der Waals surface area contributed by atoms with Crippen LogP contribution in [0.25, 0.3) is 43.6 Å². The maximum Gasteiger partial charge on any atom is 0.410 e. The molecule has 0 bridgehead atoms. The van der Waals surface area contributed by atoms with Crippen LogP contribution in [-0.4, -0.2) is 266 Å². The van der Waals surface area contributed by atoms with Crippen molar-refractivity contribution in [2.45, 2.75) is 187 Å². The molecule has 4 saturated carbocycles. The minimum atomic E-state index is -0.870. The third-order valence-electron chi connectivity index (χ3n) is 25.3. The molecule has 4 spiro atoms. The molecule has 6 aromatic carbocycles. The number of piperazine rings is 4. The number of hydrogen-bond donors (Lipinski definition) is 9. The molecule has 4 aliphatic carbocycles. The van der Waals surface area contributed by atoms with E-state index < -0.39 is 40.4 Å². The molecule has 8 heterocycles. The van der Waals surface area contributed by atoms with Crippen LogP contribution in [-0.2, 0) is 19.1 Å². The van der Waals surface area contributed by atoms with E-state index >= 15 is 8.78 Å². The highest BCUT2D eigenvalue weighted by molar-refractivity contribution is 6.28. The second-order valence-corrected chi connectivity index (χ2v) is 37.5. The fraction of sp³-hybridized carbons (Fsp3) is 0.515. The minimum Gasteiger partial charge on any atom is -0.493 e. The molecule has 10 aromatic rings. The Bertz CT molecular complexity index is 6180. The van der Waals surface area contributed by atoms with E-state index in [1.165, 1.54) is 100 Å². The van der Waals surface area contributed by atoms with Crippen molar-refractivity contribution in [3.63, 3.8) is 0 Å². The van der Waals surface area contributed by atoms with E-state index in [4.69, 9.17) is 87.0 Å². The van der Waals surface area contributed by atoms with Gasteiger partial charge in [0, 0.05) is 124 Å². The van der Waals surface area contributed by atoms with Gasteiger partial charge in [0.05, 0.1) is 79.9 Å². The molecule has 4 saturated heterocycles. The zero-order chi connectivity index (χ0) is 101. The summed E-state index contributed by atoms with van der Waals surface area (Å²) < 4.78 is 137. The summed E-state index contributed by atoms with van der Waals surface area (Å²) >= 11 is 5.62. The van der Waals surface area contributed by atoms with Crippen molar-refractivity contribution >= 4 is 120 Å². The number of ether oxygens (including phenoxy) is 10. The van der Waals surface area contributed by atoms with Gasteiger partial charge in [0.25, 0.3) is 0 Å². The number of hydrogen-bond acceptors (Lipinski definition) is 33. The average molecular weight is 2020 g/mol. The maximum absolute atomic E-state index is 15.3. The molecule has 0 unspecified atom stereocenters. The topological polar surface area (TPSA) is 456 Å². The van der Waals surface area contributed by atoms with Crippen molar-refractivity contribution in [2.24, 2.45) is 0 Å². The Hall–Kier alpha value is -13.1. The van der Waals surface area contributed by atoms with Gasteiger partial charge in [-0.15, -0.1) is 0 Å². The van der Waals surface area contributed by atoms with Crippen molar-refractivity contribution in [3.8, 4) is 46.0 Å². The van der Waals surface area contributed by atoms with E-state index in [9.17, 15) is 36.7 Å². The zero-order valence-corrected chi connectivity index (χ0v) is 82.2. The van der Waals surface area contributed by atoms with E-state index in [2.05, 4.69) is 66.0 Å². The van der Waals surface area contributed by atoms with Gasteiger partial charge in [0.2, 0.25) is 29.0 Å². The summed E-state index contributed by atoms with van der Waals surface area (Å²) in [6, 6.07) is 17.9. The van der Waals surface area contributed by atoms with Gasteiger partial charge >= 0.3 is 18.2 Å². The lowest BCUT2D eigenvalue weighted by Gasteiger charge is -2.42. The number of rotatable bonds is 21. The zero-order valence-electron chi connectivity index (χ0n) is 81.4. The summed E-state index contributed by atoms with van der Waals surface area (Å²) in [4.78, 5) is 94.4. The van der Waals surface area contributed by atoms with Crippen LogP contribution in [0.4, 0.5) is 77.0 Å². The van der Waals surface area contributed by atoms with E-state index in [-0.39, 0.29) is 196 Å². The quantitative estimate of drug-likeness (QED) is 0.0238. The Morgan fingerprint density at radius 1 is 0.434 bits per heavy atom. The molecule has 780 valence electrons. The van der Waals surface area contributed by atoms with E-state index in [0.717, 1.165) is 88.9 Å². The van der Waals surface area contributed by atoms with Crippen molar-refractivity contribution in [3.05, 3.63) is 124 Å². The monoisotopic (exact) mass is 2020 g/mol. The highest BCUT2D eigenvalue weighted by Gasteiger charge is 2.56. The number of carbonyl (C=O) groups excluding carboxylic acids is 3. The largest absolute Gasteiger partial charge is 0.493 e. The summed E-state index contributed by atoms with van der Waals surface area (Å²) in [5.74, 6) is -1.44. The van der Waals surface area contributed by atoms with Gasteiger partial charge in [-0.05, 0) is 177 Å². The molecule has 8 aliphatic rings. The summed E-state index contributed by atoms with van der Waals surface area (Å²) in [6.45, 7) is 24.4. The third-order valence-corrected chi connectivity index (χ3v) is 25.5. The third kappa shape index (κ3) is 25.6. The van der Waals surface area contributed by atoms with Crippen LogP contribution < -0.4 is 96.8 Å². The van der Waals surface area contributed by atoms with E-state index in [1.807, 2.05) is 75.0 Å². The van der Waals surface area contributed by atoms with Crippen molar-refractivity contribution < 1.29 is 98.0 Å². The van der Waals surface area contributed by atoms with Crippen molar-refractivity contribution in [1.82, 2.24) is 75.8 Å². The number of carboxylic acid groups (broad SMARTS) is 1. The molecular formula is C99H135ClF6N22O15. The second kappa shape index (κ2) is 46.5. The summed E-state index contributed by atoms with van der Waals surface area (Å²) in [5, 5.41) is 23.3. The smallest absolute Gasteiger partial charge is 0.410 e. The van der Waals surface area contributed by atoms with Crippen molar-refractivity contribution in [1.29, 1.82) is 0 Å². The van der Waals surface area contributed by atoms with Crippen LogP contribution in [0.5, 0.6) is 46.0 Å². The number of aromatic nitrogens is 8. The number of anilines is 7. The molecular weight excluding hydrogens is 1890 g/mol. The number of halogens is 7. The molecule has 143 heavy (non-hydrogen) atoms. The van der Waals surface area contributed by atoms with Gasteiger partial charge in [-0.3, -0.25) is 9.59 Å². The number of carboxylic acids is 1. The Balaban J connectivity index is 0.000000182.